The second-order valence-corrected chi connectivity index (χ2v) is 7.86. The van der Waals surface area contributed by atoms with Gasteiger partial charge >= 0.3 is 0 Å². The summed E-state index contributed by atoms with van der Waals surface area (Å²) in [6.45, 7) is 1.96. The van der Waals surface area contributed by atoms with Gasteiger partial charge in [0, 0.05) is 16.0 Å². The maximum absolute atomic E-state index is 12.4. The second-order valence-electron chi connectivity index (χ2n) is 6.01. The van der Waals surface area contributed by atoms with Crippen molar-refractivity contribution in [3.05, 3.63) is 53.4 Å². The van der Waals surface area contributed by atoms with E-state index in [0.717, 1.165) is 4.90 Å². The Morgan fingerprint density at radius 2 is 1.97 bits per heavy atom. The molecule has 0 aliphatic heterocycles. The number of benzene rings is 2. The second kappa shape index (κ2) is 9.67. The normalized spacial score (nSPS) is 11.7. The number of aromatic nitrogens is 2. The number of hydrogen-bond acceptors (Lipinski definition) is 7. The zero-order valence-electron chi connectivity index (χ0n) is 16.1. The summed E-state index contributed by atoms with van der Waals surface area (Å²) in [5.74, 6) is 1.77. The zero-order chi connectivity index (χ0) is 20.8. The number of hydrogen-bond donors (Lipinski definition) is 1. The molecule has 0 radical (unpaired) electrons. The summed E-state index contributed by atoms with van der Waals surface area (Å²) in [6, 6.07) is 12.7. The molecule has 0 aliphatic carbocycles. The van der Waals surface area contributed by atoms with Gasteiger partial charge in [-0.2, -0.15) is 4.98 Å². The smallest absolute Gasteiger partial charge is 0.246 e. The maximum Gasteiger partial charge on any atom is 0.246 e. The first kappa shape index (κ1) is 21.0. The number of carbonyl (C=O) groups is 1. The van der Waals surface area contributed by atoms with Gasteiger partial charge in [0.25, 0.3) is 0 Å². The van der Waals surface area contributed by atoms with Gasteiger partial charge in [-0.25, -0.2) is 0 Å². The number of nitrogens with zero attached hydrogens (tertiary/aromatic N) is 2. The van der Waals surface area contributed by atoms with Crippen LogP contribution in [0.4, 0.5) is 0 Å². The quantitative estimate of drug-likeness (QED) is 0.532. The Morgan fingerprint density at radius 1 is 1.21 bits per heavy atom. The van der Waals surface area contributed by atoms with Crippen molar-refractivity contribution in [2.75, 3.05) is 14.2 Å². The van der Waals surface area contributed by atoms with Gasteiger partial charge in [0.15, 0.2) is 0 Å². The number of amides is 1. The molecule has 9 heteroatoms. The van der Waals surface area contributed by atoms with Crippen LogP contribution in [0.3, 0.4) is 0 Å². The predicted octanol–water partition coefficient (Wildman–Crippen LogP) is 4.20. The van der Waals surface area contributed by atoms with Crippen LogP contribution in [0, 0.1) is 0 Å². The summed E-state index contributed by atoms with van der Waals surface area (Å²) >= 11 is 7.32. The molecule has 0 fully saturated rings. The SMILES string of the molecule is COc1ccc(-c2noc(CNC(=O)[C@@H](C)Sc3ccc(Cl)cc3)n2)c(OC)c1. The number of rotatable bonds is 8. The van der Waals surface area contributed by atoms with Crippen molar-refractivity contribution in [1.29, 1.82) is 0 Å². The third kappa shape index (κ3) is 5.42. The Morgan fingerprint density at radius 3 is 2.66 bits per heavy atom. The molecule has 1 heterocycles. The lowest BCUT2D eigenvalue weighted by Crippen LogP contribution is -2.30. The Hall–Kier alpha value is -2.71. The molecule has 3 aromatic rings. The van der Waals surface area contributed by atoms with Crippen molar-refractivity contribution in [3.8, 4) is 22.9 Å². The predicted molar refractivity (Wildman–Crippen MR) is 111 cm³/mol. The summed E-state index contributed by atoms with van der Waals surface area (Å²) in [5.41, 5.74) is 0.668. The van der Waals surface area contributed by atoms with Gasteiger partial charge in [-0.05, 0) is 43.3 Å². The molecule has 29 heavy (non-hydrogen) atoms. The minimum Gasteiger partial charge on any atom is -0.497 e. The van der Waals surface area contributed by atoms with Gasteiger partial charge in [-0.15, -0.1) is 11.8 Å². The molecule has 0 saturated heterocycles. The lowest BCUT2D eigenvalue weighted by molar-refractivity contribution is -0.120. The van der Waals surface area contributed by atoms with Crippen LogP contribution in [0.25, 0.3) is 11.4 Å². The van der Waals surface area contributed by atoms with Crippen molar-refractivity contribution in [2.24, 2.45) is 0 Å². The van der Waals surface area contributed by atoms with E-state index in [1.54, 1.807) is 44.6 Å². The van der Waals surface area contributed by atoms with Gasteiger partial charge in [0.2, 0.25) is 17.6 Å². The van der Waals surface area contributed by atoms with Crippen LogP contribution < -0.4 is 14.8 Å². The Kier molecular flexibility index (Phi) is 7.00. The largest absolute Gasteiger partial charge is 0.497 e. The summed E-state index contributed by atoms with van der Waals surface area (Å²) in [7, 11) is 3.13. The van der Waals surface area contributed by atoms with Gasteiger partial charge in [0.05, 0.1) is 31.6 Å². The van der Waals surface area contributed by atoms with E-state index in [1.165, 1.54) is 11.8 Å². The van der Waals surface area contributed by atoms with E-state index in [9.17, 15) is 4.79 Å². The number of ether oxygens (including phenoxy) is 2. The fraction of sp³-hybridized carbons (Fsp3) is 0.250. The molecule has 0 spiro atoms. The molecule has 0 aliphatic rings. The van der Waals surface area contributed by atoms with Gasteiger partial charge in [-0.1, -0.05) is 16.8 Å². The summed E-state index contributed by atoms with van der Waals surface area (Å²) in [4.78, 5) is 17.7. The highest BCUT2D eigenvalue weighted by molar-refractivity contribution is 8.00. The van der Waals surface area contributed by atoms with E-state index in [1.807, 2.05) is 19.1 Å². The fourth-order valence-electron chi connectivity index (χ4n) is 2.50. The average molecular weight is 434 g/mol. The molecule has 0 unspecified atom stereocenters. The van der Waals surface area contributed by atoms with E-state index < -0.39 is 0 Å². The van der Waals surface area contributed by atoms with E-state index in [-0.39, 0.29) is 17.7 Å². The van der Waals surface area contributed by atoms with Crippen LogP contribution in [0.15, 0.2) is 51.9 Å². The summed E-state index contributed by atoms with van der Waals surface area (Å²) in [5, 5.41) is 7.15. The molecule has 0 saturated carbocycles. The van der Waals surface area contributed by atoms with E-state index in [4.69, 9.17) is 25.6 Å². The molecule has 0 bridgehead atoms. The zero-order valence-corrected chi connectivity index (χ0v) is 17.7. The lowest BCUT2D eigenvalue weighted by atomic mass is 10.2. The number of thioether (sulfide) groups is 1. The number of carbonyl (C=O) groups excluding carboxylic acids is 1. The van der Waals surface area contributed by atoms with E-state index in [0.29, 0.717) is 33.8 Å². The highest BCUT2D eigenvalue weighted by Crippen LogP contribution is 2.31. The van der Waals surface area contributed by atoms with Crippen LogP contribution in [-0.4, -0.2) is 35.5 Å². The first-order valence-corrected chi connectivity index (χ1v) is 10.0. The Balaban J connectivity index is 1.60. The Bertz CT molecular complexity index is 978. The molecule has 3 rings (SSSR count). The van der Waals surface area contributed by atoms with Crippen LogP contribution in [0.1, 0.15) is 12.8 Å². The minimum absolute atomic E-state index is 0.133. The van der Waals surface area contributed by atoms with Crippen LogP contribution in [0.5, 0.6) is 11.5 Å². The molecule has 1 N–H and O–H groups in total. The molecule has 152 valence electrons. The molecule has 1 aromatic heterocycles. The third-order valence-electron chi connectivity index (χ3n) is 4.03. The lowest BCUT2D eigenvalue weighted by Gasteiger charge is -2.10. The van der Waals surface area contributed by atoms with Gasteiger partial charge in [0.1, 0.15) is 11.5 Å². The average Bonchev–Trinajstić information content (AvgIpc) is 3.21. The highest BCUT2D eigenvalue weighted by atomic mass is 35.5. The van der Waals surface area contributed by atoms with Crippen molar-refractivity contribution in [2.45, 2.75) is 23.6 Å². The summed E-state index contributed by atoms with van der Waals surface area (Å²) < 4.78 is 15.8. The first-order valence-electron chi connectivity index (χ1n) is 8.75. The van der Waals surface area contributed by atoms with Crippen molar-refractivity contribution >= 4 is 29.3 Å². The van der Waals surface area contributed by atoms with Gasteiger partial charge < -0.3 is 19.3 Å². The monoisotopic (exact) mass is 433 g/mol. The molecule has 7 nitrogen and oxygen atoms in total. The number of nitrogens with one attached hydrogen (secondary N) is 1. The third-order valence-corrected chi connectivity index (χ3v) is 5.39. The number of methoxy groups -OCH3 is 2. The molecule has 2 aromatic carbocycles. The summed E-state index contributed by atoms with van der Waals surface area (Å²) in [6.07, 6.45) is 0. The van der Waals surface area contributed by atoms with Crippen LogP contribution >= 0.6 is 23.4 Å². The molecular weight excluding hydrogens is 414 g/mol. The standard InChI is InChI=1S/C20H20ClN3O4S/c1-12(29-15-7-4-13(21)5-8-15)20(25)22-11-18-23-19(24-28-18)16-9-6-14(26-2)10-17(16)27-3/h4-10,12H,11H2,1-3H3,(H,22,25)/t12-/m1/s1. The van der Waals surface area contributed by atoms with Gasteiger partial charge in [-0.3, -0.25) is 4.79 Å². The fourth-order valence-corrected chi connectivity index (χ4v) is 3.51. The van der Waals surface area contributed by atoms with E-state index in [2.05, 4.69) is 15.5 Å². The van der Waals surface area contributed by atoms with Crippen LogP contribution in [-0.2, 0) is 11.3 Å². The van der Waals surface area contributed by atoms with Crippen LogP contribution in [0.2, 0.25) is 5.02 Å². The maximum atomic E-state index is 12.4. The highest BCUT2D eigenvalue weighted by Gasteiger charge is 2.17. The van der Waals surface area contributed by atoms with E-state index >= 15 is 0 Å². The molecule has 1 atom stereocenters. The van der Waals surface area contributed by atoms with Crippen molar-refractivity contribution in [3.63, 3.8) is 0 Å². The Labute approximate surface area is 177 Å². The molecule has 1 amide bonds. The number of halogens is 1. The van der Waals surface area contributed by atoms with Crippen molar-refractivity contribution in [1.82, 2.24) is 15.5 Å². The topological polar surface area (TPSA) is 86.5 Å². The molecular formula is C20H20ClN3O4S. The minimum atomic E-state index is -0.291. The van der Waals surface area contributed by atoms with Crippen molar-refractivity contribution < 1.29 is 18.8 Å². The first-order chi connectivity index (χ1) is 14.0.